The van der Waals surface area contributed by atoms with Gasteiger partial charge in [0.2, 0.25) is 11.6 Å². The molecule has 18 heavy (non-hydrogen) atoms. The third-order valence-electron chi connectivity index (χ3n) is 3.53. The Morgan fingerprint density at radius 3 is 2.06 bits per heavy atom. The van der Waals surface area contributed by atoms with Crippen LogP contribution in [0.5, 0.6) is 0 Å². The van der Waals surface area contributed by atoms with Crippen molar-refractivity contribution in [2.45, 2.75) is 32.4 Å². The van der Waals surface area contributed by atoms with Gasteiger partial charge in [-0.15, -0.1) is 0 Å². The van der Waals surface area contributed by atoms with E-state index >= 15 is 0 Å². The Morgan fingerprint density at radius 1 is 1.17 bits per heavy atom. The van der Waals surface area contributed by atoms with Crippen molar-refractivity contribution in [1.82, 2.24) is 4.98 Å². The Kier molecular flexibility index (Phi) is 2.96. The number of pyridine rings is 1. The van der Waals surface area contributed by atoms with E-state index in [9.17, 15) is 22.7 Å². The zero-order valence-electron chi connectivity index (χ0n) is 9.77. The molecule has 100 valence electrons. The zero-order valence-corrected chi connectivity index (χ0v) is 9.77. The third kappa shape index (κ3) is 1.82. The maximum atomic E-state index is 13.3. The highest BCUT2D eigenvalue weighted by atomic mass is 19.2. The van der Waals surface area contributed by atoms with Crippen molar-refractivity contribution in [2.24, 2.45) is 5.41 Å². The standard InChI is InChI=1S/C11H12F4N2O/c1-11(2)4(3-5(11)18)16-8-6(12)9(14)17-10(15)7(8)13/h4-5,18H,3H2,1-2H3,(H,16,17). The van der Waals surface area contributed by atoms with Gasteiger partial charge in [0, 0.05) is 11.5 Å². The highest BCUT2D eigenvalue weighted by molar-refractivity contribution is 5.47. The Morgan fingerprint density at radius 2 is 1.67 bits per heavy atom. The molecule has 3 nitrogen and oxygen atoms in total. The number of hydrogen-bond donors (Lipinski definition) is 2. The van der Waals surface area contributed by atoms with Crippen molar-refractivity contribution in [3.63, 3.8) is 0 Å². The van der Waals surface area contributed by atoms with E-state index in [0.29, 0.717) is 0 Å². The summed E-state index contributed by atoms with van der Waals surface area (Å²) in [5.74, 6) is -6.53. The van der Waals surface area contributed by atoms with Crippen molar-refractivity contribution >= 4 is 5.69 Å². The van der Waals surface area contributed by atoms with E-state index in [-0.39, 0.29) is 6.42 Å². The molecular formula is C11H12F4N2O. The molecule has 1 aliphatic rings. The van der Waals surface area contributed by atoms with Gasteiger partial charge in [0.05, 0.1) is 6.10 Å². The lowest BCUT2D eigenvalue weighted by Gasteiger charge is -2.49. The zero-order chi connectivity index (χ0) is 13.7. The number of aliphatic hydroxyl groups excluding tert-OH is 1. The molecule has 0 spiro atoms. The molecule has 1 saturated carbocycles. The number of nitrogens with zero attached hydrogens (tertiary/aromatic N) is 1. The molecule has 7 heteroatoms. The molecule has 2 unspecified atom stereocenters. The average molecular weight is 264 g/mol. The first-order valence-corrected chi connectivity index (χ1v) is 5.39. The summed E-state index contributed by atoms with van der Waals surface area (Å²) in [6.45, 7) is 3.37. The predicted octanol–water partition coefficient (Wildman–Crippen LogP) is 2.21. The second-order valence-corrected chi connectivity index (χ2v) is 4.97. The summed E-state index contributed by atoms with van der Waals surface area (Å²) < 4.78 is 52.4. The minimum absolute atomic E-state index is 0.247. The molecule has 0 amide bonds. The molecule has 0 aliphatic heterocycles. The van der Waals surface area contributed by atoms with E-state index in [4.69, 9.17) is 0 Å². The second-order valence-electron chi connectivity index (χ2n) is 4.97. The fourth-order valence-corrected chi connectivity index (χ4v) is 1.94. The van der Waals surface area contributed by atoms with E-state index in [0.717, 1.165) is 0 Å². The van der Waals surface area contributed by atoms with Gasteiger partial charge in [-0.2, -0.15) is 22.5 Å². The molecule has 0 aromatic carbocycles. The molecular weight excluding hydrogens is 252 g/mol. The fourth-order valence-electron chi connectivity index (χ4n) is 1.94. The lowest BCUT2D eigenvalue weighted by Crippen LogP contribution is -2.57. The molecule has 0 bridgehead atoms. The monoisotopic (exact) mass is 264 g/mol. The van der Waals surface area contributed by atoms with Gasteiger partial charge >= 0.3 is 0 Å². The van der Waals surface area contributed by atoms with E-state index < -0.39 is 46.8 Å². The van der Waals surface area contributed by atoms with Gasteiger partial charge in [-0.05, 0) is 6.42 Å². The van der Waals surface area contributed by atoms with Crippen LogP contribution >= 0.6 is 0 Å². The van der Waals surface area contributed by atoms with Gasteiger partial charge in [0.15, 0.2) is 0 Å². The van der Waals surface area contributed by atoms with Gasteiger partial charge in [-0.25, -0.2) is 0 Å². The largest absolute Gasteiger partial charge is 0.392 e. The molecule has 2 rings (SSSR count). The Hall–Kier alpha value is -1.37. The van der Waals surface area contributed by atoms with Crippen LogP contribution in [0.4, 0.5) is 23.2 Å². The smallest absolute Gasteiger partial charge is 0.253 e. The van der Waals surface area contributed by atoms with Crippen LogP contribution in [0.2, 0.25) is 0 Å². The van der Waals surface area contributed by atoms with Crippen molar-refractivity contribution < 1.29 is 22.7 Å². The Labute approximate surface area is 101 Å². The number of hydrogen-bond acceptors (Lipinski definition) is 3. The minimum Gasteiger partial charge on any atom is -0.392 e. The van der Waals surface area contributed by atoms with Crippen LogP contribution in [-0.4, -0.2) is 22.2 Å². The first-order chi connectivity index (χ1) is 8.25. The number of anilines is 1. The van der Waals surface area contributed by atoms with Crippen LogP contribution in [0.1, 0.15) is 20.3 Å². The molecule has 1 fully saturated rings. The molecule has 0 saturated heterocycles. The Balaban J connectivity index is 2.31. The quantitative estimate of drug-likeness (QED) is 0.636. The summed E-state index contributed by atoms with van der Waals surface area (Å²) in [6, 6.07) is -0.474. The minimum atomic E-state index is -1.70. The number of aromatic nitrogens is 1. The number of aliphatic hydroxyl groups is 1. The first kappa shape index (κ1) is 13.1. The van der Waals surface area contributed by atoms with Crippen LogP contribution in [0.3, 0.4) is 0 Å². The van der Waals surface area contributed by atoms with E-state index in [1.54, 1.807) is 13.8 Å². The number of rotatable bonds is 2. The van der Waals surface area contributed by atoms with Gasteiger partial charge in [0.25, 0.3) is 11.9 Å². The van der Waals surface area contributed by atoms with Crippen molar-refractivity contribution in [2.75, 3.05) is 5.32 Å². The maximum Gasteiger partial charge on any atom is 0.253 e. The van der Waals surface area contributed by atoms with Gasteiger partial charge < -0.3 is 10.4 Å². The molecule has 1 aromatic heterocycles. The summed E-state index contributed by atoms with van der Waals surface area (Å²) in [5, 5.41) is 11.9. The van der Waals surface area contributed by atoms with E-state index in [2.05, 4.69) is 10.3 Å². The summed E-state index contributed by atoms with van der Waals surface area (Å²) in [5.41, 5.74) is -1.51. The summed E-state index contributed by atoms with van der Waals surface area (Å²) in [6.07, 6.45) is -0.380. The van der Waals surface area contributed by atoms with Gasteiger partial charge in [0.1, 0.15) is 5.69 Å². The first-order valence-electron chi connectivity index (χ1n) is 5.39. The third-order valence-corrected chi connectivity index (χ3v) is 3.53. The fraction of sp³-hybridized carbons (Fsp3) is 0.545. The molecule has 1 aromatic rings. The average Bonchev–Trinajstić information content (AvgIpc) is 2.30. The van der Waals surface area contributed by atoms with Crippen molar-refractivity contribution in [3.8, 4) is 0 Å². The second kappa shape index (κ2) is 4.08. The summed E-state index contributed by atoms with van der Waals surface area (Å²) in [4.78, 5) is 2.46. The number of halogens is 4. The van der Waals surface area contributed by atoms with Crippen molar-refractivity contribution in [3.05, 3.63) is 23.5 Å². The van der Waals surface area contributed by atoms with Crippen molar-refractivity contribution in [1.29, 1.82) is 0 Å². The Bertz CT molecular complexity index is 466. The molecule has 1 heterocycles. The highest BCUT2D eigenvalue weighted by Crippen LogP contribution is 2.42. The van der Waals surface area contributed by atoms with E-state index in [1.807, 2.05) is 0 Å². The summed E-state index contributed by atoms with van der Waals surface area (Å²) in [7, 11) is 0. The highest BCUT2D eigenvalue weighted by Gasteiger charge is 2.48. The van der Waals surface area contributed by atoms with Crippen LogP contribution in [0.25, 0.3) is 0 Å². The van der Waals surface area contributed by atoms with Gasteiger partial charge in [-0.3, -0.25) is 0 Å². The summed E-state index contributed by atoms with van der Waals surface area (Å²) >= 11 is 0. The maximum absolute atomic E-state index is 13.3. The lowest BCUT2D eigenvalue weighted by atomic mass is 9.64. The molecule has 0 radical (unpaired) electrons. The normalized spacial score (nSPS) is 25.7. The van der Waals surface area contributed by atoms with Crippen LogP contribution in [-0.2, 0) is 0 Å². The van der Waals surface area contributed by atoms with Gasteiger partial charge in [-0.1, -0.05) is 13.8 Å². The van der Waals surface area contributed by atoms with Crippen LogP contribution in [0, 0.1) is 28.9 Å². The van der Waals surface area contributed by atoms with E-state index in [1.165, 1.54) is 0 Å². The topological polar surface area (TPSA) is 45.1 Å². The molecule has 1 aliphatic carbocycles. The number of nitrogens with one attached hydrogen (secondary N) is 1. The lowest BCUT2D eigenvalue weighted by molar-refractivity contribution is -0.0512. The van der Waals surface area contributed by atoms with Crippen LogP contribution < -0.4 is 5.32 Å². The molecule has 2 N–H and O–H groups in total. The SMILES string of the molecule is CC1(C)C(O)CC1Nc1c(F)c(F)nc(F)c1F. The van der Waals surface area contributed by atoms with Crippen LogP contribution in [0.15, 0.2) is 0 Å². The molecule has 2 atom stereocenters. The predicted molar refractivity (Wildman–Crippen MR) is 55.9 cm³/mol.